The predicted molar refractivity (Wildman–Crippen MR) is 48.0 cm³/mol. The molecule has 0 heterocycles. The van der Waals surface area contributed by atoms with E-state index in [0.29, 0.717) is 6.07 Å². The summed E-state index contributed by atoms with van der Waals surface area (Å²) in [7, 11) is 0. The molecule has 0 atom stereocenters. The molecule has 0 fully saturated rings. The number of Topliss-reactive ketones (excluding diaryl/α,β-unsaturated/α-hetero) is 1. The van der Waals surface area contributed by atoms with Crippen LogP contribution in [-0.2, 0) is 0 Å². The number of hydrogen-bond donors (Lipinski definition) is 0. The lowest BCUT2D eigenvalue weighted by molar-refractivity contribution is -0.0499. The molecule has 82 valence electrons. The molecule has 0 N–H and O–H groups in total. The first kappa shape index (κ1) is 11.8. The first-order valence-corrected chi connectivity index (χ1v) is 4.24. The number of halogens is 4. The van der Waals surface area contributed by atoms with Gasteiger partial charge in [-0.1, -0.05) is 11.6 Å². The van der Waals surface area contributed by atoms with Crippen molar-refractivity contribution in [1.29, 1.82) is 0 Å². The normalized spacial score (nSPS) is 10.5. The zero-order valence-corrected chi connectivity index (χ0v) is 8.32. The topological polar surface area (TPSA) is 26.3 Å². The van der Waals surface area contributed by atoms with Crippen molar-refractivity contribution in [1.82, 2.24) is 0 Å². The van der Waals surface area contributed by atoms with E-state index < -0.39 is 24.0 Å². The van der Waals surface area contributed by atoms with E-state index in [0.717, 1.165) is 13.0 Å². The van der Waals surface area contributed by atoms with Gasteiger partial charge in [0.2, 0.25) is 0 Å². The third-order valence-electron chi connectivity index (χ3n) is 1.59. The van der Waals surface area contributed by atoms with Gasteiger partial charge in [-0.2, -0.15) is 8.78 Å². The minimum atomic E-state index is -3.07. The second kappa shape index (κ2) is 4.53. The van der Waals surface area contributed by atoms with Crippen molar-refractivity contribution in [2.24, 2.45) is 0 Å². The number of benzene rings is 1. The van der Waals surface area contributed by atoms with Crippen LogP contribution in [0.2, 0.25) is 5.02 Å². The van der Waals surface area contributed by atoms with Crippen LogP contribution in [0.1, 0.15) is 17.3 Å². The maximum Gasteiger partial charge on any atom is 0.387 e. The molecule has 0 spiro atoms. The lowest BCUT2D eigenvalue weighted by Crippen LogP contribution is -2.04. The second-order valence-corrected chi connectivity index (χ2v) is 3.10. The van der Waals surface area contributed by atoms with Gasteiger partial charge in [-0.25, -0.2) is 4.39 Å². The molecular weight excluding hydrogens is 233 g/mol. The molecule has 0 aromatic heterocycles. The standard InChI is InChI=1S/C9H6ClF3O2/c1-4(14)8-6(10)2-5(3-7(8)11)15-9(12)13/h2-3,9H,1H3. The molecular formula is C9H6ClF3O2. The zero-order valence-electron chi connectivity index (χ0n) is 7.56. The molecule has 1 rings (SSSR count). The van der Waals surface area contributed by atoms with Crippen LogP contribution in [-0.4, -0.2) is 12.4 Å². The van der Waals surface area contributed by atoms with E-state index in [1.54, 1.807) is 0 Å². The first-order valence-electron chi connectivity index (χ1n) is 3.86. The maximum atomic E-state index is 13.2. The molecule has 0 bridgehead atoms. The smallest absolute Gasteiger partial charge is 0.387 e. The molecule has 1 aromatic rings. The van der Waals surface area contributed by atoms with Gasteiger partial charge in [0, 0.05) is 6.07 Å². The van der Waals surface area contributed by atoms with Crippen molar-refractivity contribution in [3.05, 3.63) is 28.5 Å². The molecule has 0 saturated carbocycles. The summed E-state index contributed by atoms with van der Waals surface area (Å²) in [5, 5.41) is -0.252. The van der Waals surface area contributed by atoms with Gasteiger partial charge < -0.3 is 4.74 Å². The molecule has 0 saturated heterocycles. The predicted octanol–water partition coefficient (Wildman–Crippen LogP) is 3.28. The van der Waals surface area contributed by atoms with Crippen LogP contribution in [0, 0.1) is 5.82 Å². The van der Waals surface area contributed by atoms with Crippen molar-refractivity contribution in [3.8, 4) is 5.75 Å². The molecule has 2 nitrogen and oxygen atoms in total. The van der Waals surface area contributed by atoms with Crippen molar-refractivity contribution in [2.75, 3.05) is 0 Å². The summed E-state index contributed by atoms with van der Waals surface area (Å²) in [5.74, 6) is -1.98. The summed E-state index contributed by atoms with van der Waals surface area (Å²) < 4.78 is 40.7. The molecule has 1 aromatic carbocycles. The summed E-state index contributed by atoms with van der Waals surface area (Å²) in [4.78, 5) is 10.9. The fourth-order valence-corrected chi connectivity index (χ4v) is 1.39. The van der Waals surface area contributed by atoms with Crippen molar-refractivity contribution in [3.63, 3.8) is 0 Å². The average molecular weight is 239 g/mol. The third-order valence-corrected chi connectivity index (χ3v) is 1.89. The molecule has 0 radical (unpaired) electrons. The van der Waals surface area contributed by atoms with Crippen LogP contribution < -0.4 is 4.74 Å². The Hall–Kier alpha value is -1.23. The van der Waals surface area contributed by atoms with Crippen LogP contribution in [0.15, 0.2) is 12.1 Å². The van der Waals surface area contributed by atoms with E-state index in [4.69, 9.17) is 11.6 Å². The number of ether oxygens (including phenoxy) is 1. The summed E-state index contributed by atoms with van der Waals surface area (Å²) >= 11 is 5.53. The van der Waals surface area contributed by atoms with E-state index in [1.807, 2.05) is 0 Å². The Kier molecular flexibility index (Phi) is 3.57. The second-order valence-electron chi connectivity index (χ2n) is 2.70. The fourth-order valence-electron chi connectivity index (χ4n) is 1.06. The fraction of sp³-hybridized carbons (Fsp3) is 0.222. The monoisotopic (exact) mass is 238 g/mol. The molecule has 0 amide bonds. The Labute approximate surface area is 88.6 Å². The number of alkyl halides is 2. The van der Waals surface area contributed by atoms with Gasteiger partial charge in [0.05, 0.1) is 10.6 Å². The molecule has 0 aliphatic rings. The average Bonchev–Trinajstić information content (AvgIpc) is 1.99. The Bertz CT molecular complexity index is 370. The summed E-state index contributed by atoms with van der Waals surface area (Å²) in [5.41, 5.74) is -0.335. The van der Waals surface area contributed by atoms with E-state index in [9.17, 15) is 18.0 Å². The van der Waals surface area contributed by atoms with Gasteiger partial charge in [-0.05, 0) is 13.0 Å². The van der Waals surface area contributed by atoms with Gasteiger partial charge in [0.25, 0.3) is 0 Å². The zero-order chi connectivity index (χ0) is 11.6. The summed E-state index contributed by atoms with van der Waals surface area (Å²) in [6, 6.07) is 1.66. The lowest BCUT2D eigenvalue weighted by atomic mass is 10.1. The van der Waals surface area contributed by atoms with Gasteiger partial charge in [0.1, 0.15) is 11.6 Å². The highest BCUT2D eigenvalue weighted by Crippen LogP contribution is 2.27. The van der Waals surface area contributed by atoms with E-state index >= 15 is 0 Å². The molecule has 15 heavy (non-hydrogen) atoms. The largest absolute Gasteiger partial charge is 0.435 e. The van der Waals surface area contributed by atoms with Gasteiger partial charge in [-0.3, -0.25) is 4.79 Å². The van der Waals surface area contributed by atoms with Crippen molar-refractivity contribution < 1.29 is 22.7 Å². The van der Waals surface area contributed by atoms with E-state index in [2.05, 4.69) is 4.74 Å². The van der Waals surface area contributed by atoms with Gasteiger partial charge >= 0.3 is 6.61 Å². The number of carbonyl (C=O) groups is 1. The Balaban J connectivity index is 3.14. The maximum absolute atomic E-state index is 13.2. The Morgan fingerprint density at radius 1 is 1.47 bits per heavy atom. The quantitative estimate of drug-likeness (QED) is 0.756. The number of hydrogen-bond acceptors (Lipinski definition) is 2. The van der Waals surface area contributed by atoms with Crippen LogP contribution in [0.5, 0.6) is 5.75 Å². The van der Waals surface area contributed by atoms with Crippen LogP contribution >= 0.6 is 11.6 Å². The summed E-state index contributed by atoms with van der Waals surface area (Å²) in [6.45, 7) is -1.94. The molecule has 6 heteroatoms. The van der Waals surface area contributed by atoms with Crippen LogP contribution in [0.3, 0.4) is 0 Å². The van der Waals surface area contributed by atoms with Gasteiger partial charge in [0.15, 0.2) is 5.78 Å². The minimum absolute atomic E-state index is 0.252. The molecule has 0 unspecified atom stereocenters. The SMILES string of the molecule is CC(=O)c1c(F)cc(OC(F)F)cc1Cl. The van der Waals surface area contributed by atoms with Gasteiger partial charge in [-0.15, -0.1) is 0 Å². The molecule has 0 aliphatic carbocycles. The minimum Gasteiger partial charge on any atom is -0.435 e. The Morgan fingerprint density at radius 2 is 2.07 bits per heavy atom. The highest BCUT2D eigenvalue weighted by atomic mass is 35.5. The number of carbonyl (C=O) groups excluding carboxylic acids is 1. The van der Waals surface area contributed by atoms with Crippen molar-refractivity contribution in [2.45, 2.75) is 13.5 Å². The highest BCUT2D eigenvalue weighted by Gasteiger charge is 2.15. The third kappa shape index (κ3) is 2.86. The van der Waals surface area contributed by atoms with E-state index in [1.165, 1.54) is 0 Å². The number of ketones is 1. The summed E-state index contributed by atoms with van der Waals surface area (Å²) in [6.07, 6.45) is 0. The molecule has 0 aliphatic heterocycles. The highest BCUT2D eigenvalue weighted by molar-refractivity contribution is 6.34. The Morgan fingerprint density at radius 3 is 2.47 bits per heavy atom. The van der Waals surface area contributed by atoms with Crippen LogP contribution in [0.25, 0.3) is 0 Å². The number of rotatable bonds is 3. The van der Waals surface area contributed by atoms with E-state index in [-0.39, 0.29) is 10.6 Å². The van der Waals surface area contributed by atoms with Crippen LogP contribution in [0.4, 0.5) is 13.2 Å². The first-order chi connectivity index (χ1) is 6.91. The lowest BCUT2D eigenvalue weighted by Gasteiger charge is -2.07. The van der Waals surface area contributed by atoms with Crippen molar-refractivity contribution >= 4 is 17.4 Å².